The van der Waals surface area contributed by atoms with E-state index in [9.17, 15) is 5.11 Å². The van der Waals surface area contributed by atoms with Crippen LogP contribution in [0.1, 0.15) is 83.6 Å². The lowest BCUT2D eigenvalue weighted by Crippen LogP contribution is -2.51. The third-order valence-corrected chi connectivity index (χ3v) is 17.1. The summed E-state index contributed by atoms with van der Waals surface area (Å²) < 4.78 is 2.52. The lowest BCUT2D eigenvalue weighted by molar-refractivity contribution is 0.102. The van der Waals surface area contributed by atoms with Crippen LogP contribution in [-0.4, -0.2) is 33.5 Å². The predicted octanol–water partition coefficient (Wildman–Crippen LogP) is 9.62. The molecule has 1 aliphatic rings. The minimum atomic E-state index is -2.00. The molecule has 0 spiro atoms. The first-order valence-corrected chi connectivity index (χ1v) is 18.4. The fourth-order valence-corrected chi connectivity index (χ4v) is 15.1. The van der Waals surface area contributed by atoms with Gasteiger partial charge in [-0.1, -0.05) is 114 Å². The van der Waals surface area contributed by atoms with Crippen LogP contribution in [0, 0.1) is 5.92 Å². The number of aromatic nitrogens is 2. The molecular formula is C36H48ClN3OSi. The Morgan fingerprint density at radius 2 is 1.40 bits per heavy atom. The maximum absolute atomic E-state index is 12.0. The first-order chi connectivity index (χ1) is 20.1. The molecular weight excluding hydrogens is 554 g/mol. The van der Waals surface area contributed by atoms with Gasteiger partial charge < -0.3 is 9.34 Å². The quantitative estimate of drug-likeness (QED) is 0.174. The maximum atomic E-state index is 12.0. The molecule has 3 atom stereocenters. The van der Waals surface area contributed by atoms with Crippen molar-refractivity contribution < 1.29 is 5.11 Å². The topological polar surface area (TPSA) is 41.3 Å². The van der Waals surface area contributed by atoms with Gasteiger partial charge in [-0.2, -0.15) is 0 Å². The van der Waals surface area contributed by atoms with Crippen LogP contribution in [0.25, 0.3) is 11.0 Å². The van der Waals surface area contributed by atoms with E-state index in [1.807, 2.05) is 0 Å². The molecule has 5 rings (SSSR count). The van der Waals surface area contributed by atoms with E-state index in [1.54, 1.807) is 6.20 Å². The van der Waals surface area contributed by atoms with Crippen LogP contribution < -0.4 is 0 Å². The highest BCUT2D eigenvalue weighted by molar-refractivity contribution is 6.82. The van der Waals surface area contributed by atoms with Gasteiger partial charge in [0.2, 0.25) is 0 Å². The van der Waals surface area contributed by atoms with Crippen molar-refractivity contribution >= 4 is 30.9 Å². The summed E-state index contributed by atoms with van der Waals surface area (Å²) in [5.74, 6) is 0.151. The van der Waals surface area contributed by atoms with Crippen molar-refractivity contribution in [2.24, 2.45) is 5.92 Å². The number of aliphatic hydroxyl groups excluding tert-OH is 1. The predicted molar refractivity (Wildman–Crippen MR) is 179 cm³/mol. The van der Waals surface area contributed by atoms with Gasteiger partial charge in [0.1, 0.15) is 5.65 Å². The van der Waals surface area contributed by atoms with Gasteiger partial charge in [-0.15, -0.1) is 0 Å². The number of hydrogen-bond donors (Lipinski definition) is 1. The molecule has 1 aliphatic carbocycles. The van der Waals surface area contributed by atoms with Gasteiger partial charge in [-0.25, -0.2) is 4.98 Å². The molecule has 1 fully saturated rings. The standard InChI is InChI=1S/C36H48ClN3OSi/c1-25(2)42(26(3)4,27(5)6)40-20-19-32-34(33(37)22-38-36(32)40)35(41)30-17-18-31(21-30)39(23-28-13-9-7-10-14-28)24-29-15-11-8-12-16-29/h7-16,19-20,22,25-27,30-31,35,41H,17-18,21,23-24H2,1-6H3/t30?,31-,35?/m0/s1. The zero-order chi connectivity index (χ0) is 30.0. The molecule has 0 saturated heterocycles. The number of aliphatic hydroxyl groups is 1. The summed E-state index contributed by atoms with van der Waals surface area (Å²) in [5, 5.41) is 13.6. The molecule has 1 saturated carbocycles. The molecule has 42 heavy (non-hydrogen) atoms. The second-order valence-electron chi connectivity index (χ2n) is 13.3. The van der Waals surface area contributed by atoms with Gasteiger partial charge >= 0.3 is 0 Å². The van der Waals surface area contributed by atoms with Crippen LogP contribution >= 0.6 is 11.6 Å². The van der Waals surface area contributed by atoms with Gasteiger partial charge in [-0.3, -0.25) is 4.90 Å². The van der Waals surface area contributed by atoms with Crippen molar-refractivity contribution in [3.8, 4) is 0 Å². The number of fused-ring (bicyclic) bond motifs is 1. The van der Waals surface area contributed by atoms with Crippen LogP contribution in [0.3, 0.4) is 0 Å². The van der Waals surface area contributed by atoms with E-state index in [2.05, 4.69) is 124 Å². The van der Waals surface area contributed by atoms with Crippen molar-refractivity contribution in [3.05, 3.63) is 101 Å². The van der Waals surface area contributed by atoms with Crippen LogP contribution in [0.2, 0.25) is 21.6 Å². The Morgan fingerprint density at radius 1 is 0.857 bits per heavy atom. The minimum absolute atomic E-state index is 0.151. The molecule has 2 unspecified atom stereocenters. The monoisotopic (exact) mass is 601 g/mol. The molecule has 0 radical (unpaired) electrons. The molecule has 4 nitrogen and oxygen atoms in total. The summed E-state index contributed by atoms with van der Waals surface area (Å²) in [6, 6.07) is 24.1. The number of benzene rings is 2. The normalized spacial score (nSPS) is 18.7. The van der Waals surface area contributed by atoms with Gasteiger partial charge in [0.25, 0.3) is 0 Å². The lowest BCUT2D eigenvalue weighted by Gasteiger charge is -2.44. The number of hydrogen-bond acceptors (Lipinski definition) is 3. The van der Waals surface area contributed by atoms with Crippen molar-refractivity contribution in [2.75, 3.05) is 0 Å². The zero-order valence-corrected chi connectivity index (χ0v) is 27.9. The Kier molecular flexibility index (Phi) is 9.63. The third-order valence-electron chi connectivity index (χ3n) is 10.1. The van der Waals surface area contributed by atoms with Gasteiger partial charge in [-0.05, 0) is 65.2 Å². The molecule has 0 bridgehead atoms. The number of pyridine rings is 1. The summed E-state index contributed by atoms with van der Waals surface area (Å²) in [4.78, 5) is 7.51. The third kappa shape index (κ3) is 5.86. The molecule has 2 heterocycles. The number of nitrogens with zero attached hydrogens (tertiary/aromatic N) is 3. The van der Waals surface area contributed by atoms with Crippen molar-refractivity contribution in [1.82, 2.24) is 14.1 Å². The molecule has 2 aromatic carbocycles. The second-order valence-corrected chi connectivity index (χ2v) is 19.5. The highest BCUT2D eigenvalue weighted by Crippen LogP contribution is 2.47. The highest BCUT2D eigenvalue weighted by Gasteiger charge is 2.46. The first-order valence-electron chi connectivity index (χ1n) is 15.8. The average Bonchev–Trinajstić information content (AvgIpc) is 3.62. The largest absolute Gasteiger partial charge is 0.388 e. The van der Waals surface area contributed by atoms with Crippen LogP contribution in [0.4, 0.5) is 0 Å². The molecule has 0 amide bonds. The average molecular weight is 602 g/mol. The van der Waals surface area contributed by atoms with Crippen molar-refractivity contribution in [2.45, 2.75) is 103 Å². The first kappa shape index (κ1) is 31.0. The van der Waals surface area contributed by atoms with E-state index >= 15 is 0 Å². The Labute approximate surface area is 258 Å². The molecule has 2 aromatic heterocycles. The second kappa shape index (κ2) is 13.0. The maximum Gasteiger partial charge on any atom is 0.171 e. The van der Waals surface area contributed by atoms with E-state index in [0.29, 0.717) is 27.7 Å². The number of rotatable bonds is 11. The molecule has 0 aliphatic heterocycles. The number of halogens is 1. The van der Waals surface area contributed by atoms with E-state index in [-0.39, 0.29) is 5.92 Å². The highest BCUT2D eigenvalue weighted by atomic mass is 35.5. The summed E-state index contributed by atoms with van der Waals surface area (Å²) in [6.07, 6.45) is 6.41. The van der Waals surface area contributed by atoms with Crippen LogP contribution in [0.15, 0.2) is 79.1 Å². The fraction of sp³-hybridized carbons (Fsp3) is 0.472. The van der Waals surface area contributed by atoms with Crippen molar-refractivity contribution in [1.29, 1.82) is 0 Å². The smallest absolute Gasteiger partial charge is 0.171 e. The molecule has 1 N–H and O–H groups in total. The molecule has 4 aromatic rings. The zero-order valence-electron chi connectivity index (χ0n) is 26.2. The van der Waals surface area contributed by atoms with E-state index in [1.165, 1.54) is 11.1 Å². The Morgan fingerprint density at radius 3 is 1.93 bits per heavy atom. The minimum Gasteiger partial charge on any atom is -0.388 e. The van der Waals surface area contributed by atoms with Crippen LogP contribution in [0.5, 0.6) is 0 Å². The molecule has 224 valence electrons. The SMILES string of the molecule is CC(C)[Si](C(C)C)(C(C)C)n1ccc2c(C(O)C3CC[C@H](N(Cc4ccccc4)Cc4ccccc4)C3)c(Cl)cnc21. The van der Waals surface area contributed by atoms with E-state index in [0.717, 1.165) is 48.9 Å². The summed E-state index contributed by atoms with van der Waals surface area (Å²) >= 11 is 6.87. The Bertz CT molecular complexity index is 1390. The fourth-order valence-electron chi connectivity index (χ4n) is 8.33. The van der Waals surface area contributed by atoms with E-state index < -0.39 is 14.3 Å². The lowest BCUT2D eigenvalue weighted by atomic mass is 9.93. The summed E-state index contributed by atoms with van der Waals surface area (Å²) in [6.45, 7) is 16.0. The summed E-state index contributed by atoms with van der Waals surface area (Å²) in [5.41, 5.74) is 6.15. The van der Waals surface area contributed by atoms with Crippen molar-refractivity contribution in [3.63, 3.8) is 0 Å². The molecule has 6 heteroatoms. The van der Waals surface area contributed by atoms with E-state index in [4.69, 9.17) is 16.6 Å². The van der Waals surface area contributed by atoms with Crippen LogP contribution in [-0.2, 0) is 13.1 Å². The van der Waals surface area contributed by atoms with Gasteiger partial charge in [0.15, 0.2) is 8.24 Å². The van der Waals surface area contributed by atoms with Gasteiger partial charge in [0, 0.05) is 36.3 Å². The Hall–Kier alpha value is -2.44. The summed E-state index contributed by atoms with van der Waals surface area (Å²) in [7, 11) is -2.00. The van der Waals surface area contributed by atoms with Gasteiger partial charge in [0.05, 0.1) is 11.1 Å². The Balaban J connectivity index is 1.44.